The molecule has 0 saturated carbocycles. The van der Waals surface area contributed by atoms with E-state index in [2.05, 4.69) is 4.98 Å². The average molecular weight is 393 g/mol. The first-order valence-corrected chi connectivity index (χ1v) is 10.2. The number of ether oxygens (including phenoxy) is 2. The molecular weight excluding hydrogens is 372 g/mol. The highest BCUT2D eigenvalue weighted by Crippen LogP contribution is 2.32. The van der Waals surface area contributed by atoms with Gasteiger partial charge in [-0.25, -0.2) is 4.98 Å². The average Bonchev–Trinajstić information content (AvgIpc) is 3.11. The summed E-state index contributed by atoms with van der Waals surface area (Å²) < 4.78 is 11.9. The Morgan fingerprint density at radius 1 is 1.46 bits per heavy atom. The zero-order valence-corrected chi connectivity index (χ0v) is 16.5. The van der Waals surface area contributed by atoms with Crippen molar-refractivity contribution < 1.29 is 14.3 Å². The Labute approximate surface area is 160 Å². The summed E-state index contributed by atoms with van der Waals surface area (Å²) in [5.74, 6) is 1.17. The van der Waals surface area contributed by atoms with Crippen molar-refractivity contribution in [2.45, 2.75) is 35.6 Å². The van der Waals surface area contributed by atoms with Gasteiger partial charge in [0.2, 0.25) is 0 Å². The number of carbonyl (C=O) groups is 1. The van der Waals surface area contributed by atoms with Crippen LogP contribution in [0.4, 0.5) is 0 Å². The molecule has 26 heavy (non-hydrogen) atoms. The van der Waals surface area contributed by atoms with Crippen molar-refractivity contribution in [3.8, 4) is 11.4 Å². The zero-order valence-electron chi connectivity index (χ0n) is 14.9. The lowest BCUT2D eigenvalue weighted by atomic mass is 10.3. The number of hydrogen-bond acceptors (Lipinski definition) is 7. The van der Waals surface area contributed by atoms with Gasteiger partial charge in [0, 0.05) is 18.2 Å². The number of hydrogen-bond donors (Lipinski definition) is 0. The highest BCUT2D eigenvalue weighted by Gasteiger charge is 2.25. The van der Waals surface area contributed by atoms with Gasteiger partial charge in [-0.2, -0.15) is 0 Å². The van der Waals surface area contributed by atoms with E-state index in [0.29, 0.717) is 28.1 Å². The summed E-state index contributed by atoms with van der Waals surface area (Å²) in [6.45, 7) is 3.85. The lowest BCUT2D eigenvalue weighted by Gasteiger charge is -2.16. The van der Waals surface area contributed by atoms with Gasteiger partial charge in [0.05, 0.1) is 30.0 Å². The summed E-state index contributed by atoms with van der Waals surface area (Å²) in [6, 6.07) is 7.26. The highest BCUT2D eigenvalue weighted by molar-refractivity contribution is 8.00. The van der Waals surface area contributed by atoms with Crippen molar-refractivity contribution in [3.05, 3.63) is 40.3 Å². The molecule has 0 spiro atoms. The van der Waals surface area contributed by atoms with E-state index in [1.807, 2.05) is 18.2 Å². The van der Waals surface area contributed by atoms with Crippen LogP contribution in [0.1, 0.15) is 19.5 Å². The molecule has 3 rings (SSSR count). The van der Waals surface area contributed by atoms with Crippen molar-refractivity contribution in [2.24, 2.45) is 0 Å². The normalized spacial score (nSPS) is 14.0. The van der Waals surface area contributed by atoms with Crippen LogP contribution in [0.3, 0.4) is 0 Å². The van der Waals surface area contributed by atoms with E-state index in [9.17, 15) is 9.59 Å². The maximum Gasteiger partial charge on any atom is 0.319 e. The fourth-order valence-electron chi connectivity index (χ4n) is 2.61. The first kappa shape index (κ1) is 18.8. The summed E-state index contributed by atoms with van der Waals surface area (Å²) >= 11 is 2.76. The van der Waals surface area contributed by atoms with Crippen molar-refractivity contribution >= 4 is 29.5 Å². The smallest absolute Gasteiger partial charge is 0.319 e. The van der Waals surface area contributed by atoms with Crippen molar-refractivity contribution in [2.75, 3.05) is 19.5 Å². The van der Waals surface area contributed by atoms with Gasteiger partial charge in [-0.05, 0) is 26.0 Å². The second kappa shape index (κ2) is 8.18. The van der Waals surface area contributed by atoms with E-state index < -0.39 is 5.25 Å². The molecule has 8 heteroatoms. The standard InChI is InChI=1S/C18H20N2O4S2/c1-4-24-17(22)11(2)26-18-19-14-8-9-25-15(14)16(21)20(18)12-6-5-7-13(10-12)23-3/h5-7,10-11H,4,8-9H2,1-3H3/t11-/m0/s1. The van der Waals surface area contributed by atoms with Gasteiger partial charge in [-0.3, -0.25) is 14.2 Å². The van der Waals surface area contributed by atoms with E-state index in [-0.39, 0.29) is 11.5 Å². The minimum atomic E-state index is -0.467. The number of aryl methyl sites for hydroxylation is 1. The van der Waals surface area contributed by atoms with Gasteiger partial charge in [-0.1, -0.05) is 17.8 Å². The number of fused-ring (bicyclic) bond motifs is 1. The fourth-order valence-corrected chi connectivity index (χ4v) is 4.58. The molecule has 0 N–H and O–H groups in total. The van der Waals surface area contributed by atoms with Crippen molar-refractivity contribution in [1.82, 2.24) is 9.55 Å². The summed E-state index contributed by atoms with van der Waals surface area (Å²) in [5, 5.41) is 0.0240. The Kier molecular flexibility index (Phi) is 5.93. The van der Waals surface area contributed by atoms with Crippen LogP contribution >= 0.6 is 23.5 Å². The molecule has 1 aromatic heterocycles. The number of rotatable bonds is 6. The molecule has 0 radical (unpaired) electrons. The van der Waals surface area contributed by atoms with Crippen LogP contribution < -0.4 is 10.3 Å². The maximum absolute atomic E-state index is 13.1. The van der Waals surface area contributed by atoms with Crippen LogP contribution in [0.15, 0.2) is 39.1 Å². The topological polar surface area (TPSA) is 70.4 Å². The van der Waals surface area contributed by atoms with Crippen LogP contribution in [0.25, 0.3) is 5.69 Å². The molecule has 2 heterocycles. The summed E-state index contributed by atoms with van der Waals surface area (Å²) in [6.07, 6.45) is 0.759. The summed E-state index contributed by atoms with van der Waals surface area (Å²) in [7, 11) is 1.58. The monoisotopic (exact) mass is 392 g/mol. The predicted octanol–water partition coefficient (Wildman–Crippen LogP) is 2.93. The Bertz CT molecular complexity index is 882. The van der Waals surface area contributed by atoms with Gasteiger partial charge >= 0.3 is 5.97 Å². The zero-order chi connectivity index (χ0) is 18.7. The van der Waals surface area contributed by atoms with Gasteiger partial charge in [0.1, 0.15) is 11.0 Å². The molecule has 138 valence electrons. The molecule has 1 aliphatic heterocycles. The van der Waals surface area contributed by atoms with Gasteiger partial charge in [0.15, 0.2) is 5.16 Å². The third-order valence-electron chi connectivity index (χ3n) is 3.88. The van der Waals surface area contributed by atoms with Gasteiger partial charge < -0.3 is 9.47 Å². The van der Waals surface area contributed by atoms with E-state index in [1.54, 1.807) is 31.6 Å². The minimum absolute atomic E-state index is 0.107. The Morgan fingerprint density at radius 3 is 3.00 bits per heavy atom. The van der Waals surface area contributed by atoms with Crippen LogP contribution in [0.5, 0.6) is 5.75 Å². The van der Waals surface area contributed by atoms with E-state index in [1.165, 1.54) is 23.5 Å². The van der Waals surface area contributed by atoms with Crippen LogP contribution in [-0.2, 0) is 16.0 Å². The summed E-state index contributed by atoms with van der Waals surface area (Å²) in [5.41, 5.74) is 1.36. The molecule has 0 unspecified atom stereocenters. The maximum atomic E-state index is 13.1. The Morgan fingerprint density at radius 2 is 2.27 bits per heavy atom. The molecular formula is C18H20N2O4S2. The first-order chi connectivity index (χ1) is 12.5. The Hall–Kier alpha value is -1.93. The van der Waals surface area contributed by atoms with Crippen molar-refractivity contribution in [1.29, 1.82) is 0 Å². The number of benzene rings is 1. The number of thioether (sulfide) groups is 2. The van der Waals surface area contributed by atoms with E-state index in [4.69, 9.17) is 9.47 Å². The summed E-state index contributed by atoms with van der Waals surface area (Å²) in [4.78, 5) is 30.5. The highest BCUT2D eigenvalue weighted by atomic mass is 32.2. The lowest BCUT2D eigenvalue weighted by Crippen LogP contribution is -2.26. The lowest BCUT2D eigenvalue weighted by molar-refractivity contribution is -0.142. The number of carbonyl (C=O) groups excluding carboxylic acids is 1. The molecule has 1 aromatic carbocycles. The molecule has 0 aliphatic carbocycles. The molecule has 1 aliphatic rings. The van der Waals surface area contributed by atoms with E-state index >= 15 is 0 Å². The number of esters is 1. The SMILES string of the molecule is CCOC(=O)[C@H](C)Sc1nc2c(c(=O)n1-c1cccc(OC)c1)SCC2. The number of aromatic nitrogens is 2. The largest absolute Gasteiger partial charge is 0.497 e. The fraction of sp³-hybridized carbons (Fsp3) is 0.389. The Balaban J connectivity index is 2.09. The second-order valence-corrected chi connectivity index (χ2v) is 8.04. The number of methoxy groups -OCH3 is 1. The van der Waals surface area contributed by atoms with Gasteiger partial charge in [0.25, 0.3) is 5.56 Å². The minimum Gasteiger partial charge on any atom is -0.497 e. The first-order valence-electron chi connectivity index (χ1n) is 8.31. The number of nitrogens with zero attached hydrogens (tertiary/aromatic N) is 2. The predicted molar refractivity (Wildman–Crippen MR) is 103 cm³/mol. The second-order valence-electron chi connectivity index (χ2n) is 5.62. The molecule has 0 fully saturated rings. The quantitative estimate of drug-likeness (QED) is 0.425. The van der Waals surface area contributed by atoms with Crippen LogP contribution in [0.2, 0.25) is 0 Å². The molecule has 1 atom stereocenters. The molecule has 0 bridgehead atoms. The molecule has 2 aromatic rings. The third-order valence-corrected chi connectivity index (χ3v) is 6.02. The molecule has 0 amide bonds. The van der Waals surface area contributed by atoms with Crippen LogP contribution in [-0.4, -0.2) is 40.2 Å². The van der Waals surface area contributed by atoms with Crippen LogP contribution in [0, 0.1) is 0 Å². The third kappa shape index (κ3) is 3.76. The molecule has 0 saturated heterocycles. The molecule has 6 nitrogen and oxygen atoms in total. The van der Waals surface area contributed by atoms with Gasteiger partial charge in [-0.15, -0.1) is 11.8 Å². The van der Waals surface area contributed by atoms with Crippen molar-refractivity contribution in [3.63, 3.8) is 0 Å². The van der Waals surface area contributed by atoms with E-state index in [0.717, 1.165) is 17.9 Å².